The zero-order valence-corrected chi connectivity index (χ0v) is 11.0. The van der Waals surface area contributed by atoms with Gasteiger partial charge in [-0.2, -0.15) is 0 Å². The Morgan fingerprint density at radius 1 is 1.38 bits per heavy atom. The fourth-order valence-electron chi connectivity index (χ4n) is 2.63. The van der Waals surface area contributed by atoms with Gasteiger partial charge in [0.25, 0.3) is 0 Å². The third-order valence-corrected chi connectivity index (χ3v) is 3.62. The molecule has 16 heavy (non-hydrogen) atoms. The van der Waals surface area contributed by atoms with Crippen molar-refractivity contribution >= 4 is 0 Å². The summed E-state index contributed by atoms with van der Waals surface area (Å²) in [6, 6.07) is 0.800. The highest BCUT2D eigenvalue weighted by Crippen LogP contribution is 2.19. The van der Waals surface area contributed by atoms with E-state index < -0.39 is 0 Å². The first kappa shape index (κ1) is 13.9. The number of nitrogens with two attached hydrogens (primary N) is 1. The molecule has 2 atom stereocenters. The minimum absolute atomic E-state index is 0.254. The molecule has 0 aliphatic carbocycles. The van der Waals surface area contributed by atoms with Gasteiger partial charge < -0.3 is 15.4 Å². The summed E-state index contributed by atoms with van der Waals surface area (Å²) in [6.45, 7) is 8.18. The zero-order valence-electron chi connectivity index (χ0n) is 11.0. The molecule has 0 radical (unpaired) electrons. The molecule has 1 aliphatic heterocycles. The van der Waals surface area contributed by atoms with Crippen LogP contribution in [0.4, 0.5) is 0 Å². The van der Waals surface area contributed by atoms with Crippen LogP contribution in [0.2, 0.25) is 0 Å². The van der Waals surface area contributed by atoms with Gasteiger partial charge in [0.2, 0.25) is 0 Å². The fourth-order valence-corrected chi connectivity index (χ4v) is 2.63. The van der Waals surface area contributed by atoms with Crippen molar-refractivity contribution in [2.24, 2.45) is 5.73 Å². The van der Waals surface area contributed by atoms with Crippen molar-refractivity contribution < 1.29 is 4.74 Å². The number of likely N-dealkylation sites (tertiary alicyclic amines) is 1. The summed E-state index contributed by atoms with van der Waals surface area (Å²) >= 11 is 0. The maximum absolute atomic E-state index is 5.70. The molecule has 3 heteroatoms. The monoisotopic (exact) mass is 228 g/mol. The zero-order chi connectivity index (χ0) is 11.8. The van der Waals surface area contributed by atoms with E-state index in [-0.39, 0.29) is 6.10 Å². The van der Waals surface area contributed by atoms with Crippen LogP contribution in [0.15, 0.2) is 0 Å². The Labute approximate surface area is 100 Å². The van der Waals surface area contributed by atoms with E-state index in [2.05, 4.69) is 11.8 Å². The van der Waals surface area contributed by atoms with E-state index in [1.165, 1.54) is 32.2 Å². The lowest BCUT2D eigenvalue weighted by molar-refractivity contribution is 0.0445. The smallest absolute Gasteiger partial charge is 0.0709 e. The molecule has 96 valence electrons. The Kier molecular flexibility index (Phi) is 7.01. The highest BCUT2D eigenvalue weighted by molar-refractivity contribution is 4.76. The van der Waals surface area contributed by atoms with E-state index in [9.17, 15) is 0 Å². The first-order valence-corrected chi connectivity index (χ1v) is 6.87. The van der Waals surface area contributed by atoms with Crippen molar-refractivity contribution in [3.63, 3.8) is 0 Å². The molecule has 1 rings (SSSR count). The van der Waals surface area contributed by atoms with Gasteiger partial charge in [0, 0.05) is 25.7 Å². The molecule has 1 aliphatic rings. The summed E-state index contributed by atoms with van der Waals surface area (Å²) in [5.41, 5.74) is 5.70. The number of rotatable bonds is 7. The van der Waals surface area contributed by atoms with Gasteiger partial charge in [-0.1, -0.05) is 13.3 Å². The van der Waals surface area contributed by atoms with Gasteiger partial charge in [-0.05, 0) is 39.2 Å². The summed E-state index contributed by atoms with van der Waals surface area (Å²) in [5, 5.41) is 0. The Hall–Kier alpha value is -0.120. The lowest BCUT2D eigenvalue weighted by atomic mass is 9.99. The summed E-state index contributed by atoms with van der Waals surface area (Å²) in [4.78, 5) is 2.63. The summed E-state index contributed by atoms with van der Waals surface area (Å²) in [5.74, 6) is 0. The third-order valence-electron chi connectivity index (χ3n) is 3.62. The molecule has 1 saturated heterocycles. The van der Waals surface area contributed by atoms with Crippen LogP contribution >= 0.6 is 0 Å². The third kappa shape index (κ3) is 4.40. The fraction of sp³-hybridized carbons (Fsp3) is 1.00. The van der Waals surface area contributed by atoms with Gasteiger partial charge in [-0.3, -0.25) is 0 Å². The van der Waals surface area contributed by atoms with Crippen molar-refractivity contribution in [1.29, 1.82) is 0 Å². The highest BCUT2D eigenvalue weighted by Gasteiger charge is 2.21. The van der Waals surface area contributed by atoms with Crippen LogP contribution < -0.4 is 5.73 Å². The molecule has 0 amide bonds. The molecular formula is C13H28N2O. The molecule has 2 unspecified atom stereocenters. The molecular weight excluding hydrogens is 200 g/mol. The van der Waals surface area contributed by atoms with Gasteiger partial charge in [0.05, 0.1) is 6.10 Å². The topological polar surface area (TPSA) is 38.5 Å². The van der Waals surface area contributed by atoms with E-state index in [1.54, 1.807) is 0 Å². The van der Waals surface area contributed by atoms with Gasteiger partial charge in [-0.15, -0.1) is 0 Å². The van der Waals surface area contributed by atoms with Gasteiger partial charge >= 0.3 is 0 Å². The Morgan fingerprint density at radius 3 is 2.81 bits per heavy atom. The van der Waals surface area contributed by atoms with Crippen LogP contribution in [-0.4, -0.2) is 43.3 Å². The van der Waals surface area contributed by atoms with Crippen LogP contribution in [-0.2, 0) is 4.74 Å². The first-order valence-electron chi connectivity index (χ1n) is 6.87. The van der Waals surface area contributed by atoms with E-state index in [0.29, 0.717) is 6.54 Å². The maximum atomic E-state index is 5.70. The Morgan fingerprint density at radius 2 is 2.19 bits per heavy atom. The second-order valence-corrected chi connectivity index (χ2v) is 4.70. The van der Waals surface area contributed by atoms with Crippen LogP contribution in [0, 0.1) is 0 Å². The Bertz CT molecular complexity index is 175. The minimum Gasteiger partial charge on any atom is -0.377 e. The van der Waals surface area contributed by atoms with Gasteiger partial charge in [0.15, 0.2) is 0 Å². The summed E-state index contributed by atoms with van der Waals surface area (Å²) in [6.07, 6.45) is 6.75. The number of piperidine rings is 1. The predicted molar refractivity (Wildman–Crippen MR) is 68.6 cm³/mol. The number of ether oxygens (including phenoxy) is 1. The summed E-state index contributed by atoms with van der Waals surface area (Å²) < 4.78 is 5.60. The maximum Gasteiger partial charge on any atom is 0.0709 e. The predicted octanol–water partition coefficient (Wildman–Crippen LogP) is 2.00. The molecule has 0 bridgehead atoms. The number of hydrogen-bond acceptors (Lipinski definition) is 3. The van der Waals surface area contributed by atoms with Crippen LogP contribution in [0.5, 0.6) is 0 Å². The van der Waals surface area contributed by atoms with Crippen molar-refractivity contribution in [2.45, 2.75) is 58.1 Å². The molecule has 1 heterocycles. The normalized spacial score (nSPS) is 24.6. The van der Waals surface area contributed by atoms with Crippen LogP contribution in [0.1, 0.15) is 46.0 Å². The number of nitrogens with zero attached hydrogens (tertiary/aromatic N) is 1. The first-order chi connectivity index (χ1) is 7.81. The van der Waals surface area contributed by atoms with Crippen LogP contribution in [0.25, 0.3) is 0 Å². The van der Waals surface area contributed by atoms with E-state index in [1.807, 2.05) is 6.92 Å². The Balaban J connectivity index is 2.28. The lowest BCUT2D eigenvalue weighted by Crippen LogP contribution is -2.41. The molecule has 0 spiro atoms. The quantitative estimate of drug-likeness (QED) is 0.724. The average molecular weight is 228 g/mol. The van der Waals surface area contributed by atoms with Crippen molar-refractivity contribution in [2.75, 3.05) is 26.2 Å². The van der Waals surface area contributed by atoms with Gasteiger partial charge in [-0.25, -0.2) is 0 Å². The molecule has 0 aromatic rings. The SMILES string of the molecule is CCOC(CN)CCN1CCCCC1CC. The molecule has 0 saturated carbocycles. The average Bonchev–Trinajstić information content (AvgIpc) is 2.34. The van der Waals surface area contributed by atoms with E-state index in [0.717, 1.165) is 25.6 Å². The summed E-state index contributed by atoms with van der Waals surface area (Å²) in [7, 11) is 0. The van der Waals surface area contributed by atoms with Crippen molar-refractivity contribution in [1.82, 2.24) is 4.90 Å². The molecule has 3 nitrogen and oxygen atoms in total. The minimum atomic E-state index is 0.254. The largest absolute Gasteiger partial charge is 0.377 e. The molecule has 1 fully saturated rings. The van der Waals surface area contributed by atoms with Gasteiger partial charge in [0.1, 0.15) is 0 Å². The van der Waals surface area contributed by atoms with Crippen molar-refractivity contribution in [3.05, 3.63) is 0 Å². The molecule has 2 N–H and O–H groups in total. The number of hydrogen-bond donors (Lipinski definition) is 1. The van der Waals surface area contributed by atoms with Crippen LogP contribution in [0.3, 0.4) is 0 Å². The second-order valence-electron chi connectivity index (χ2n) is 4.70. The van der Waals surface area contributed by atoms with E-state index in [4.69, 9.17) is 10.5 Å². The standard InChI is InChI=1S/C13H28N2O/c1-3-12-7-5-6-9-15(12)10-8-13(11-14)16-4-2/h12-13H,3-11,14H2,1-2H3. The molecule has 0 aromatic heterocycles. The highest BCUT2D eigenvalue weighted by atomic mass is 16.5. The lowest BCUT2D eigenvalue weighted by Gasteiger charge is -2.35. The van der Waals surface area contributed by atoms with Crippen molar-refractivity contribution in [3.8, 4) is 0 Å². The van der Waals surface area contributed by atoms with E-state index >= 15 is 0 Å². The molecule has 0 aromatic carbocycles. The second kappa shape index (κ2) is 8.04.